The summed E-state index contributed by atoms with van der Waals surface area (Å²) in [6.45, 7) is 3.55. The maximum absolute atomic E-state index is 12.1. The van der Waals surface area contributed by atoms with Crippen molar-refractivity contribution in [2.24, 2.45) is 0 Å². The van der Waals surface area contributed by atoms with Crippen LogP contribution in [0.4, 0.5) is 11.6 Å². The van der Waals surface area contributed by atoms with Crippen LogP contribution in [-0.2, 0) is 10.0 Å². The Morgan fingerprint density at radius 1 is 1.05 bits per heavy atom. The Morgan fingerprint density at radius 2 is 1.55 bits per heavy atom. The first-order valence-corrected chi connectivity index (χ1v) is 7.06. The van der Waals surface area contributed by atoms with E-state index in [4.69, 9.17) is 5.73 Å². The van der Waals surface area contributed by atoms with Gasteiger partial charge in [0.1, 0.15) is 0 Å². The fraction of sp³-hybridized carbons (Fsp3) is 0.167. The van der Waals surface area contributed by atoms with Crippen LogP contribution in [0.2, 0.25) is 0 Å². The van der Waals surface area contributed by atoms with E-state index in [0.717, 1.165) is 0 Å². The molecule has 0 fully saturated rings. The van der Waals surface area contributed by atoms with Gasteiger partial charge in [0.05, 0.1) is 4.90 Å². The van der Waals surface area contributed by atoms with Crippen LogP contribution in [0.1, 0.15) is 11.4 Å². The van der Waals surface area contributed by atoms with E-state index in [1.54, 1.807) is 19.9 Å². The van der Waals surface area contributed by atoms with Gasteiger partial charge in [-0.1, -0.05) is 0 Å². The second-order valence-corrected chi connectivity index (χ2v) is 5.83. The van der Waals surface area contributed by atoms with E-state index in [2.05, 4.69) is 14.7 Å². The summed E-state index contributed by atoms with van der Waals surface area (Å²) in [5.41, 5.74) is 7.42. The van der Waals surface area contributed by atoms with Gasteiger partial charge in [-0.15, -0.1) is 0 Å². The standard InChI is InChI=1S/C12H14N4O2S.Na/c1-8-7-9(2)15-12(14-8)16-19(17,18)11-5-3-10(13)4-6-11;/h3-7H,13H2,1-2H3,(H,14,15,16);/q;+1. The van der Waals surface area contributed by atoms with Crippen LogP contribution in [0.3, 0.4) is 0 Å². The predicted octanol–water partition coefficient (Wildman–Crippen LogP) is -1.52. The number of nitrogens with one attached hydrogen (secondary N) is 1. The molecule has 0 saturated heterocycles. The van der Waals surface area contributed by atoms with Gasteiger partial charge in [0.2, 0.25) is 5.95 Å². The molecular formula is C12H14N4NaO2S+. The monoisotopic (exact) mass is 301 g/mol. The molecule has 1 heterocycles. The maximum atomic E-state index is 12.1. The number of nitrogens with two attached hydrogens (primary N) is 1. The summed E-state index contributed by atoms with van der Waals surface area (Å²) < 4.78 is 26.6. The summed E-state index contributed by atoms with van der Waals surface area (Å²) >= 11 is 0. The first kappa shape index (κ1) is 16.9. The number of aryl methyl sites for hydroxylation is 2. The van der Waals surface area contributed by atoms with Crippen molar-refractivity contribution >= 4 is 21.7 Å². The number of hydrogen-bond donors (Lipinski definition) is 2. The predicted molar refractivity (Wildman–Crippen MR) is 73.2 cm³/mol. The average Bonchev–Trinajstić information content (AvgIpc) is 2.27. The molecule has 3 N–H and O–H groups in total. The van der Waals surface area contributed by atoms with Crippen molar-refractivity contribution in [2.75, 3.05) is 10.5 Å². The molecule has 0 atom stereocenters. The molecule has 0 bridgehead atoms. The number of nitrogens with zero attached hydrogens (tertiary/aromatic N) is 2. The van der Waals surface area contributed by atoms with Gasteiger partial charge in [0.15, 0.2) is 0 Å². The van der Waals surface area contributed by atoms with Gasteiger partial charge in [-0.2, -0.15) is 0 Å². The van der Waals surface area contributed by atoms with Crippen LogP contribution >= 0.6 is 0 Å². The van der Waals surface area contributed by atoms with Gasteiger partial charge in [-0.25, -0.2) is 23.1 Å². The van der Waals surface area contributed by atoms with Gasteiger partial charge < -0.3 is 5.73 Å². The normalized spacial score (nSPS) is 10.7. The van der Waals surface area contributed by atoms with Gasteiger partial charge in [-0.3, -0.25) is 0 Å². The Bertz CT molecular complexity index is 682. The molecule has 0 amide bonds. The van der Waals surface area contributed by atoms with Crippen molar-refractivity contribution in [1.82, 2.24) is 9.97 Å². The zero-order chi connectivity index (χ0) is 14.0. The van der Waals surface area contributed by atoms with Gasteiger partial charge >= 0.3 is 29.6 Å². The molecule has 8 heteroatoms. The summed E-state index contributed by atoms with van der Waals surface area (Å²) in [7, 11) is -3.69. The SMILES string of the molecule is Cc1cc(C)nc(NS(=O)(=O)c2ccc(N)cc2)n1.[Na+]. The Hall–Kier alpha value is -1.15. The molecule has 0 saturated carbocycles. The van der Waals surface area contributed by atoms with Crippen LogP contribution in [0.15, 0.2) is 35.2 Å². The van der Waals surface area contributed by atoms with Crippen LogP contribution in [0, 0.1) is 13.8 Å². The zero-order valence-corrected chi connectivity index (χ0v) is 14.4. The molecular weight excluding hydrogens is 287 g/mol. The van der Waals surface area contributed by atoms with Crippen LogP contribution in [0.25, 0.3) is 0 Å². The number of rotatable bonds is 3. The first-order chi connectivity index (χ1) is 8.87. The second-order valence-electron chi connectivity index (χ2n) is 4.15. The van der Waals surface area contributed by atoms with Crippen LogP contribution < -0.4 is 40.0 Å². The van der Waals surface area contributed by atoms with Crippen molar-refractivity contribution in [3.8, 4) is 0 Å². The Labute approximate surface area is 140 Å². The van der Waals surface area contributed by atoms with Gasteiger partial charge in [-0.05, 0) is 44.2 Å². The third kappa shape index (κ3) is 4.17. The minimum atomic E-state index is -3.69. The van der Waals surface area contributed by atoms with Crippen LogP contribution in [-0.4, -0.2) is 18.4 Å². The smallest absolute Gasteiger partial charge is 0.399 e. The summed E-state index contributed by atoms with van der Waals surface area (Å²) in [6, 6.07) is 7.68. The fourth-order valence-electron chi connectivity index (χ4n) is 1.60. The molecule has 0 aliphatic carbocycles. The molecule has 0 spiro atoms. The Balaban J connectivity index is 0.00000200. The van der Waals surface area contributed by atoms with E-state index in [1.807, 2.05) is 0 Å². The van der Waals surface area contributed by atoms with E-state index >= 15 is 0 Å². The number of hydrogen-bond acceptors (Lipinski definition) is 5. The van der Waals surface area contributed by atoms with Crippen molar-refractivity contribution in [3.05, 3.63) is 41.7 Å². The Morgan fingerprint density at radius 3 is 2.05 bits per heavy atom. The average molecular weight is 301 g/mol. The number of anilines is 2. The molecule has 0 unspecified atom stereocenters. The van der Waals surface area contributed by atoms with Gasteiger partial charge in [0, 0.05) is 17.1 Å². The van der Waals surface area contributed by atoms with Gasteiger partial charge in [0.25, 0.3) is 10.0 Å². The molecule has 2 rings (SSSR count). The maximum Gasteiger partial charge on any atom is 1.00 e. The van der Waals surface area contributed by atoms with E-state index in [1.165, 1.54) is 24.3 Å². The van der Waals surface area contributed by atoms with Crippen LogP contribution in [0.5, 0.6) is 0 Å². The van der Waals surface area contributed by atoms with E-state index in [-0.39, 0.29) is 40.4 Å². The number of aromatic nitrogens is 2. The van der Waals surface area contributed by atoms with Crippen molar-refractivity contribution < 1.29 is 38.0 Å². The molecule has 1 aromatic heterocycles. The number of benzene rings is 1. The molecule has 1 aromatic carbocycles. The van der Waals surface area contributed by atoms with Crippen molar-refractivity contribution in [3.63, 3.8) is 0 Å². The molecule has 0 radical (unpaired) electrons. The van der Waals surface area contributed by atoms with E-state index in [0.29, 0.717) is 17.1 Å². The summed E-state index contributed by atoms with van der Waals surface area (Å²) in [5.74, 6) is 0.0642. The molecule has 100 valence electrons. The van der Waals surface area contributed by atoms with Crippen molar-refractivity contribution in [1.29, 1.82) is 0 Å². The molecule has 6 nitrogen and oxygen atoms in total. The zero-order valence-electron chi connectivity index (χ0n) is 11.6. The Kier molecular flexibility index (Phi) is 5.52. The third-order valence-electron chi connectivity index (χ3n) is 2.40. The molecule has 0 aliphatic heterocycles. The number of nitrogen functional groups attached to an aromatic ring is 1. The largest absolute Gasteiger partial charge is 1.00 e. The fourth-order valence-corrected chi connectivity index (χ4v) is 2.54. The summed E-state index contributed by atoms with van der Waals surface area (Å²) in [4.78, 5) is 8.19. The number of sulfonamides is 1. The quantitative estimate of drug-likeness (QED) is 0.530. The third-order valence-corrected chi connectivity index (χ3v) is 3.74. The molecule has 0 aliphatic rings. The second kappa shape index (κ2) is 6.53. The minimum absolute atomic E-state index is 0. The minimum Gasteiger partial charge on any atom is -0.399 e. The van der Waals surface area contributed by atoms with E-state index < -0.39 is 10.0 Å². The summed E-state index contributed by atoms with van der Waals surface area (Å²) in [6.07, 6.45) is 0. The first-order valence-electron chi connectivity index (χ1n) is 5.57. The molecule has 2 aromatic rings. The summed E-state index contributed by atoms with van der Waals surface area (Å²) in [5, 5.41) is 0. The topological polar surface area (TPSA) is 98.0 Å². The van der Waals surface area contributed by atoms with Crippen molar-refractivity contribution in [2.45, 2.75) is 18.7 Å². The van der Waals surface area contributed by atoms with E-state index in [9.17, 15) is 8.42 Å². The molecule has 20 heavy (non-hydrogen) atoms.